The van der Waals surface area contributed by atoms with Crippen LogP contribution >= 0.6 is 0 Å². The lowest BCUT2D eigenvalue weighted by Gasteiger charge is -2.02. The topological polar surface area (TPSA) is 3.88 Å². The van der Waals surface area contributed by atoms with Crippen molar-refractivity contribution >= 4 is 10.9 Å². The van der Waals surface area contributed by atoms with Crippen molar-refractivity contribution in [2.24, 2.45) is 7.05 Å². The monoisotopic (exact) mass is 299 g/mol. The first kappa shape index (κ1) is 11.4. The fraction of sp³-hybridized carbons (Fsp3) is 0.250. The van der Waals surface area contributed by atoms with Crippen LogP contribution in [0.15, 0.2) is 30.5 Å². The molecule has 14 heavy (non-hydrogen) atoms. The highest BCUT2D eigenvalue weighted by atomic mass is 127. The van der Waals surface area contributed by atoms with Crippen molar-refractivity contribution in [2.75, 3.05) is 0 Å². The van der Waals surface area contributed by atoms with E-state index in [4.69, 9.17) is 0 Å². The molecular formula is C12H14IN. The molecule has 2 rings (SSSR count). The maximum absolute atomic E-state index is 2.18. The summed E-state index contributed by atoms with van der Waals surface area (Å²) in [5.74, 6) is 0. The molecule has 2 heteroatoms. The van der Waals surface area contributed by atoms with Gasteiger partial charge in [0.1, 0.15) is 7.05 Å². The van der Waals surface area contributed by atoms with E-state index in [-0.39, 0.29) is 24.0 Å². The Morgan fingerprint density at radius 1 is 1.07 bits per heavy atom. The van der Waals surface area contributed by atoms with Gasteiger partial charge in [0.25, 0.3) is 0 Å². The summed E-state index contributed by atoms with van der Waals surface area (Å²) in [6.45, 7) is 4.33. The minimum atomic E-state index is 0. The fourth-order valence-electron chi connectivity index (χ4n) is 1.77. The van der Waals surface area contributed by atoms with E-state index >= 15 is 0 Å². The van der Waals surface area contributed by atoms with Gasteiger partial charge < -0.3 is 24.0 Å². The number of para-hydroxylation sites is 1. The van der Waals surface area contributed by atoms with Gasteiger partial charge in [-0.2, -0.15) is 0 Å². The second-order valence-corrected chi connectivity index (χ2v) is 3.57. The van der Waals surface area contributed by atoms with Crippen molar-refractivity contribution in [2.45, 2.75) is 13.8 Å². The normalized spacial score (nSPS) is 9.93. The molecule has 0 amide bonds. The number of hydrogen-bond acceptors (Lipinski definition) is 0. The number of pyridine rings is 1. The number of nitrogens with zero attached hydrogens (tertiary/aromatic N) is 1. The van der Waals surface area contributed by atoms with Gasteiger partial charge in [-0.15, -0.1) is 0 Å². The molecule has 1 nitrogen and oxygen atoms in total. The highest BCUT2D eigenvalue weighted by Gasteiger charge is 2.08. The molecule has 0 aliphatic heterocycles. The van der Waals surface area contributed by atoms with Crippen LogP contribution in [0.25, 0.3) is 10.9 Å². The van der Waals surface area contributed by atoms with Crippen LogP contribution in [0.1, 0.15) is 11.1 Å². The number of hydrogen-bond donors (Lipinski definition) is 0. The third-order valence-electron chi connectivity index (χ3n) is 2.67. The zero-order valence-electron chi connectivity index (χ0n) is 8.71. The summed E-state index contributed by atoms with van der Waals surface area (Å²) in [5, 5.41) is 1.35. The van der Waals surface area contributed by atoms with Crippen LogP contribution in [0.3, 0.4) is 0 Å². The van der Waals surface area contributed by atoms with Gasteiger partial charge in [0, 0.05) is 17.0 Å². The Labute approximate surface area is 102 Å². The number of aryl methyl sites for hydroxylation is 3. The molecule has 0 saturated carbocycles. The lowest BCUT2D eigenvalue weighted by molar-refractivity contribution is -0.645. The van der Waals surface area contributed by atoms with Crippen molar-refractivity contribution < 1.29 is 28.5 Å². The minimum Gasteiger partial charge on any atom is -1.00 e. The fourth-order valence-corrected chi connectivity index (χ4v) is 1.77. The van der Waals surface area contributed by atoms with Gasteiger partial charge >= 0.3 is 0 Å². The van der Waals surface area contributed by atoms with Gasteiger partial charge in [-0.05, 0) is 25.5 Å². The molecule has 0 spiro atoms. The highest BCUT2D eigenvalue weighted by molar-refractivity contribution is 5.79. The van der Waals surface area contributed by atoms with Crippen molar-refractivity contribution in [3.63, 3.8) is 0 Å². The van der Waals surface area contributed by atoms with Crippen molar-refractivity contribution in [1.82, 2.24) is 0 Å². The van der Waals surface area contributed by atoms with Crippen LogP contribution in [-0.4, -0.2) is 0 Å². The first-order chi connectivity index (χ1) is 6.20. The molecule has 0 fully saturated rings. The molecule has 1 aromatic heterocycles. The Morgan fingerprint density at radius 3 is 2.43 bits per heavy atom. The number of halogens is 1. The number of aromatic nitrogens is 1. The second-order valence-electron chi connectivity index (χ2n) is 3.57. The Kier molecular flexibility index (Phi) is 3.48. The van der Waals surface area contributed by atoms with Crippen molar-refractivity contribution in [3.05, 3.63) is 41.6 Å². The summed E-state index contributed by atoms with van der Waals surface area (Å²) in [7, 11) is 2.09. The predicted molar refractivity (Wildman–Crippen MR) is 54.6 cm³/mol. The average molecular weight is 299 g/mol. The lowest BCUT2D eigenvalue weighted by Crippen LogP contribution is -3.00. The van der Waals surface area contributed by atoms with E-state index in [1.807, 2.05) is 0 Å². The molecule has 0 unspecified atom stereocenters. The minimum absolute atomic E-state index is 0. The molecule has 0 atom stereocenters. The van der Waals surface area contributed by atoms with Gasteiger partial charge in [0.15, 0.2) is 6.20 Å². The zero-order chi connectivity index (χ0) is 9.42. The van der Waals surface area contributed by atoms with E-state index in [1.54, 1.807) is 0 Å². The predicted octanol–water partition coefficient (Wildman–Crippen LogP) is -0.715. The van der Waals surface area contributed by atoms with Crippen LogP contribution in [0.5, 0.6) is 0 Å². The largest absolute Gasteiger partial charge is 1.00 e. The standard InChI is InChI=1S/C12H14N.HI/c1-9-8-13(3)12-7-5-4-6-11(12)10(9)2;/h4-8H,1-3H3;1H/q+1;/p-1. The van der Waals surface area contributed by atoms with Crippen LogP contribution in [0.4, 0.5) is 0 Å². The van der Waals surface area contributed by atoms with Gasteiger partial charge in [-0.3, -0.25) is 0 Å². The first-order valence-electron chi connectivity index (χ1n) is 4.55. The Morgan fingerprint density at radius 2 is 1.71 bits per heavy atom. The van der Waals surface area contributed by atoms with Gasteiger partial charge in [0.2, 0.25) is 5.52 Å². The SMILES string of the molecule is Cc1c[n+](C)c2ccccc2c1C.[I-]. The first-order valence-corrected chi connectivity index (χ1v) is 4.55. The van der Waals surface area contributed by atoms with E-state index < -0.39 is 0 Å². The van der Waals surface area contributed by atoms with Crippen molar-refractivity contribution in [1.29, 1.82) is 0 Å². The van der Waals surface area contributed by atoms with Gasteiger partial charge in [-0.25, -0.2) is 4.57 Å². The maximum Gasteiger partial charge on any atom is 0.212 e. The molecule has 74 valence electrons. The zero-order valence-corrected chi connectivity index (χ0v) is 10.9. The summed E-state index contributed by atoms with van der Waals surface area (Å²) in [5.41, 5.74) is 4.03. The van der Waals surface area contributed by atoms with Crippen LogP contribution < -0.4 is 28.5 Å². The Hall–Kier alpha value is -0.640. The molecule has 0 saturated heterocycles. The van der Waals surface area contributed by atoms with Crippen LogP contribution in [0.2, 0.25) is 0 Å². The molecule has 1 aromatic carbocycles. The summed E-state index contributed by atoms with van der Waals surface area (Å²) >= 11 is 0. The Bertz CT molecular complexity index is 463. The van der Waals surface area contributed by atoms with E-state index in [9.17, 15) is 0 Å². The second kappa shape index (κ2) is 4.26. The summed E-state index contributed by atoms with van der Waals surface area (Å²) < 4.78 is 2.18. The number of fused-ring (bicyclic) bond motifs is 1. The summed E-state index contributed by atoms with van der Waals surface area (Å²) in [4.78, 5) is 0. The van der Waals surface area contributed by atoms with Crippen LogP contribution in [0, 0.1) is 13.8 Å². The smallest absolute Gasteiger partial charge is 0.212 e. The van der Waals surface area contributed by atoms with Crippen LogP contribution in [-0.2, 0) is 7.05 Å². The molecule has 0 radical (unpaired) electrons. The molecule has 0 bridgehead atoms. The number of benzene rings is 1. The maximum atomic E-state index is 2.18. The molecule has 2 aromatic rings. The summed E-state index contributed by atoms with van der Waals surface area (Å²) in [6.07, 6.45) is 2.18. The van der Waals surface area contributed by atoms with E-state index in [0.717, 1.165) is 0 Å². The lowest BCUT2D eigenvalue weighted by atomic mass is 10.1. The third-order valence-corrected chi connectivity index (χ3v) is 2.67. The molecule has 0 aliphatic rings. The van der Waals surface area contributed by atoms with Gasteiger partial charge in [-0.1, -0.05) is 12.1 Å². The molecular weight excluding hydrogens is 285 g/mol. The Balaban J connectivity index is 0.000000980. The average Bonchev–Trinajstić information content (AvgIpc) is 2.15. The molecule has 0 N–H and O–H groups in total. The quantitative estimate of drug-likeness (QED) is 0.447. The van der Waals surface area contributed by atoms with Gasteiger partial charge in [0.05, 0.1) is 0 Å². The van der Waals surface area contributed by atoms with E-state index in [2.05, 4.69) is 55.9 Å². The third kappa shape index (κ3) is 1.75. The van der Waals surface area contributed by atoms with E-state index in [1.165, 1.54) is 22.0 Å². The summed E-state index contributed by atoms with van der Waals surface area (Å²) in [6, 6.07) is 8.51. The molecule has 0 aliphatic carbocycles. The van der Waals surface area contributed by atoms with E-state index in [0.29, 0.717) is 0 Å². The number of rotatable bonds is 0. The van der Waals surface area contributed by atoms with Crippen molar-refractivity contribution in [3.8, 4) is 0 Å². The highest BCUT2D eigenvalue weighted by Crippen LogP contribution is 2.16. The molecule has 1 heterocycles.